The van der Waals surface area contributed by atoms with Gasteiger partial charge in [-0.1, -0.05) is 18.1 Å². The summed E-state index contributed by atoms with van der Waals surface area (Å²) in [7, 11) is 0. The molecule has 0 bridgehead atoms. The van der Waals surface area contributed by atoms with Gasteiger partial charge in [0.1, 0.15) is 5.75 Å². The maximum atomic E-state index is 9.49. The van der Waals surface area contributed by atoms with Crippen molar-refractivity contribution in [3.05, 3.63) is 29.3 Å². The van der Waals surface area contributed by atoms with E-state index in [1.54, 1.807) is 6.07 Å². The van der Waals surface area contributed by atoms with Crippen LogP contribution in [0.15, 0.2) is 18.2 Å². The minimum Gasteiger partial charge on any atom is -0.508 e. The SMILES string of the molecule is C#CC(C)(C)c1ccc(C)c(O)c1. The molecule has 1 rings (SSSR count). The van der Waals surface area contributed by atoms with E-state index < -0.39 is 0 Å². The molecule has 0 saturated carbocycles. The fraction of sp³-hybridized carbons (Fsp3) is 0.333. The molecule has 1 aromatic rings. The molecule has 13 heavy (non-hydrogen) atoms. The molecular weight excluding hydrogens is 160 g/mol. The standard InChI is InChI=1S/C12H14O/c1-5-12(3,4)10-7-6-9(2)11(13)8-10/h1,6-8,13H,2-4H3. The lowest BCUT2D eigenvalue weighted by molar-refractivity contribution is 0.469. The zero-order chi connectivity index (χ0) is 10.1. The number of hydrogen-bond acceptors (Lipinski definition) is 1. The molecule has 0 amide bonds. The molecule has 0 aromatic heterocycles. The predicted molar refractivity (Wildman–Crippen MR) is 54.7 cm³/mol. The highest BCUT2D eigenvalue weighted by Crippen LogP contribution is 2.27. The highest BCUT2D eigenvalue weighted by molar-refractivity contribution is 5.41. The topological polar surface area (TPSA) is 20.2 Å². The molecule has 1 N–H and O–H groups in total. The van der Waals surface area contributed by atoms with Crippen LogP contribution in [0.4, 0.5) is 0 Å². The van der Waals surface area contributed by atoms with Crippen molar-refractivity contribution in [3.63, 3.8) is 0 Å². The van der Waals surface area contributed by atoms with Gasteiger partial charge in [0.05, 0.1) is 5.41 Å². The van der Waals surface area contributed by atoms with E-state index in [1.807, 2.05) is 32.9 Å². The third-order valence-corrected chi connectivity index (χ3v) is 2.29. The van der Waals surface area contributed by atoms with Crippen molar-refractivity contribution >= 4 is 0 Å². The molecule has 0 atom stereocenters. The summed E-state index contributed by atoms with van der Waals surface area (Å²) in [6.07, 6.45) is 5.39. The van der Waals surface area contributed by atoms with Gasteiger partial charge >= 0.3 is 0 Å². The van der Waals surface area contributed by atoms with Crippen LogP contribution in [0.5, 0.6) is 5.75 Å². The molecule has 0 radical (unpaired) electrons. The second kappa shape index (κ2) is 3.14. The predicted octanol–water partition coefficient (Wildman–Crippen LogP) is 2.61. The Balaban J connectivity index is 3.20. The van der Waals surface area contributed by atoms with E-state index in [-0.39, 0.29) is 5.41 Å². The number of phenolic OH excluding ortho intramolecular Hbond substituents is 1. The number of rotatable bonds is 1. The average Bonchev–Trinajstić information content (AvgIpc) is 2.09. The molecule has 0 heterocycles. The third-order valence-electron chi connectivity index (χ3n) is 2.29. The quantitative estimate of drug-likeness (QED) is 0.649. The summed E-state index contributed by atoms with van der Waals surface area (Å²) in [6.45, 7) is 5.77. The molecular formula is C12H14O. The Morgan fingerprint density at radius 3 is 2.46 bits per heavy atom. The van der Waals surface area contributed by atoms with Crippen LogP contribution in [0, 0.1) is 19.3 Å². The lowest BCUT2D eigenvalue weighted by Gasteiger charge is -2.18. The zero-order valence-corrected chi connectivity index (χ0v) is 8.26. The van der Waals surface area contributed by atoms with Crippen LogP contribution in [0.25, 0.3) is 0 Å². The first-order chi connectivity index (χ1) is 5.97. The third kappa shape index (κ3) is 1.84. The number of terminal acetylenes is 1. The molecule has 0 aliphatic heterocycles. The fourth-order valence-corrected chi connectivity index (χ4v) is 1.08. The zero-order valence-electron chi connectivity index (χ0n) is 8.26. The first-order valence-corrected chi connectivity index (χ1v) is 4.25. The Labute approximate surface area is 79.4 Å². The summed E-state index contributed by atoms with van der Waals surface area (Å²) in [5, 5.41) is 9.49. The largest absolute Gasteiger partial charge is 0.508 e. The van der Waals surface area contributed by atoms with E-state index in [2.05, 4.69) is 5.92 Å². The van der Waals surface area contributed by atoms with Crippen molar-refractivity contribution in [2.75, 3.05) is 0 Å². The second-order valence-corrected chi connectivity index (χ2v) is 3.77. The van der Waals surface area contributed by atoms with Gasteiger partial charge in [-0.25, -0.2) is 0 Å². The molecule has 1 nitrogen and oxygen atoms in total. The summed E-state index contributed by atoms with van der Waals surface area (Å²) in [4.78, 5) is 0. The van der Waals surface area contributed by atoms with Crippen LogP contribution in [-0.2, 0) is 5.41 Å². The minimum atomic E-state index is -0.314. The van der Waals surface area contributed by atoms with Crippen molar-refractivity contribution < 1.29 is 5.11 Å². The Morgan fingerprint density at radius 2 is 2.00 bits per heavy atom. The average molecular weight is 174 g/mol. The number of phenols is 1. The van der Waals surface area contributed by atoms with Crippen LogP contribution in [0.1, 0.15) is 25.0 Å². The van der Waals surface area contributed by atoms with Gasteiger partial charge < -0.3 is 5.11 Å². The van der Waals surface area contributed by atoms with E-state index in [0.717, 1.165) is 11.1 Å². The number of benzene rings is 1. The summed E-state index contributed by atoms with van der Waals surface area (Å²) < 4.78 is 0. The second-order valence-electron chi connectivity index (χ2n) is 3.77. The van der Waals surface area contributed by atoms with E-state index in [9.17, 15) is 5.11 Å². The van der Waals surface area contributed by atoms with Crippen LogP contribution in [0.2, 0.25) is 0 Å². The Bertz CT molecular complexity index is 356. The van der Waals surface area contributed by atoms with Crippen LogP contribution >= 0.6 is 0 Å². The normalized spacial score (nSPS) is 10.9. The van der Waals surface area contributed by atoms with Crippen LogP contribution in [-0.4, -0.2) is 5.11 Å². The van der Waals surface area contributed by atoms with Gasteiger partial charge in [-0.3, -0.25) is 0 Å². The van der Waals surface area contributed by atoms with Gasteiger partial charge in [0.15, 0.2) is 0 Å². The van der Waals surface area contributed by atoms with Gasteiger partial charge in [0.2, 0.25) is 0 Å². The summed E-state index contributed by atoms with van der Waals surface area (Å²) >= 11 is 0. The smallest absolute Gasteiger partial charge is 0.118 e. The summed E-state index contributed by atoms with van der Waals surface area (Å²) in [5.41, 5.74) is 1.53. The Hall–Kier alpha value is -1.42. The van der Waals surface area contributed by atoms with Crippen molar-refractivity contribution in [1.82, 2.24) is 0 Å². The molecule has 0 aliphatic rings. The maximum absolute atomic E-state index is 9.49. The van der Waals surface area contributed by atoms with Gasteiger partial charge in [0, 0.05) is 0 Å². The lowest BCUT2D eigenvalue weighted by atomic mass is 9.85. The highest BCUT2D eigenvalue weighted by atomic mass is 16.3. The monoisotopic (exact) mass is 174 g/mol. The van der Waals surface area contributed by atoms with E-state index >= 15 is 0 Å². The molecule has 0 aliphatic carbocycles. The van der Waals surface area contributed by atoms with Crippen LogP contribution < -0.4 is 0 Å². The molecule has 68 valence electrons. The highest BCUT2D eigenvalue weighted by Gasteiger charge is 2.17. The first kappa shape index (κ1) is 9.67. The lowest BCUT2D eigenvalue weighted by Crippen LogP contribution is -2.13. The van der Waals surface area contributed by atoms with Gasteiger partial charge in [-0.05, 0) is 38.0 Å². The van der Waals surface area contributed by atoms with Crippen LogP contribution in [0.3, 0.4) is 0 Å². The fourth-order valence-electron chi connectivity index (χ4n) is 1.08. The van der Waals surface area contributed by atoms with Gasteiger partial charge in [-0.15, -0.1) is 6.42 Å². The number of aryl methyl sites for hydroxylation is 1. The van der Waals surface area contributed by atoms with Gasteiger partial charge in [-0.2, -0.15) is 0 Å². The van der Waals surface area contributed by atoms with Crippen molar-refractivity contribution in [2.24, 2.45) is 0 Å². The van der Waals surface area contributed by atoms with Gasteiger partial charge in [0.25, 0.3) is 0 Å². The Kier molecular flexibility index (Phi) is 2.34. The van der Waals surface area contributed by atoms with Crippen molar-refractivity contribution in [3.8, 4) is 18.1 Å². The van der Waals surface area contributed by atoms with Crippen molar-refractivity contribution in [2.45, 2.75) is 26.2 Å². The Morgan fingerprint density at radius 1 is 1.38 bits per heavy atom. The van der Waals surface area contributed by atoms with E-state index in [4.69, 9.17) is 6.42 Å². The van der Waals surface area contributed by atoms with E-state index in [0.29, 0.717) is 5.75 Å². The molecule has 0 saturated heterocycles. The number of aromatic hydroxyl groups is 1. The number of hydrogen-bond donors (Lipinski definition) is 1. The molecule has 1 heteroatoms. The summed E-state index contributed by atoms with van der Waals surface area (Å²) in [5.74, 6) is 3.00. The molecule has 0 unspecified atom stereocenters. The minimum absolute atomic E-state index is 0.306. The summed E-state index contributed by atoms with van der Waals surface area (Å²) in [6, 6.07) is 5.56. The molecule has 0 spiro atoms. The van der Waals surface area contributed by atoms with Crippen molar-refractivity contribution in [1.29, 1.82) is 0 Å². The van der Waals surface area contributed by atoms with E-state index in [1.165, 1.54) is 0 Å². The maximum Gasteiger partial charge on any atom is 0.118 e. The first-order valence-electron chi connectivity index (χ1n) is 4.25. The molecule has 1 aromatic carbocycles. The molecule has 0 fully saturated rings.